The fourth-order valence-electron chi connectivity index (χ4n) is 1.42. The lowest BCUT2D eigenvalue weighted by molar-refractivity contribution is 0.475. The quantitative estimate of drug-likeness (QED) is 0.758. The number of hydrogen-bond donors (Lipinski definition) is 1. The molecule has 0 saturated heterocycles. The zero-order valence-electron chi connectivity index (χ0n) is 9.79. The standard InChI is InChI=1S/C13H20OS/c1-4-5-10-15-13(2,3)11-6-8-12(14)9-7-11/h6-9,14H,4-5,10H2,1-3H3. The molecule has 0 unspecified atom stereocenters. The van der Waals surface area contributed by atoms with Gasteiger partial charge in [0.2, 0.25) is 0 Å². The zero-order valence-corrected chi connectivity index (χ0v) is 10.6. The van der Waals surface area contributed by atoms with E-state index in [1.807, 2.05) is 23.9 Å². The molecule has 0 bridgehead atoms. The van der Waals surface area contributed by atoms with Gasteiger partial charge in [-0.1, -0.05) is 25.5 Å². The molecular formula is C13H20OS. The summed E-state index contributed by atoms with van der Waals surface area (Å²) < 4.78 is 0.142. The summed E-state index contributed by atoms with van der Waals surface area (Å²) in [5.41, 5.74) is 1.28. The fraction of sp³-hybridized carbons (Fsp3) is 0.538. The third-order valence-corrected chi connectivity index (χ3v) is 3.97. The maximum absolute atomic E-state index is 9.23. The van der Waals surface area contributed by atoms with Gasteiger partial charge in [-0.2, -0.15) is 11.8 Å². The Morgan fingerprint density at radius 3 is 2.33 bits per heavy atom. The Morgan fingerprint density at radius 1 is 1.20 bits per heavy atom. The summed E-state index contributed by atoms with van der Waals surface area (Å²) in [4.78, 5) is 0. The highest BCUT2D eigenvalue weighted by molar-refractivity contribution is 8.00. The van der Waals surface area contributed by atoms with E-state index in [4.69, 9.17) is 0 Å². The van der Waals surface area contributed by atoms with Crippen molar-refractivity contribution in [2.45, 2.75) is 38.4 Å². The van der Waals surface area contributed by atoms with Crippen molar-refractivity contribution in [3.8, 4) is 5.75 Å². The van der Waals surface area contributed by atoms with Gasteiger partial charge in [0, 0.05) is 4.75 Å². The first-order valence-corrected chi connectivity index (χ1v) is 6.48. The minimum Gasteiger partial charge on any atom is -0.508 e. The van der Waals surface area contributed by atoms with E-state index in [1.165, 1.54) is 24.2 Å². The van der Waals surface area contributed by atoms with Gasteiger partial charge in [0.05, 0.1) is 0 Å². The zero-order chi connectivity index (χ0) is 11.3. The summed E-state index contributed by atoms with van der Waals surface area (Å²) in [7, 11) is 0. The molecule has 1 aromatic carbocycles. The lowest BCUT2D eigenvalue weighted by Gasteiger charge is -2.24. The highest BCUT2D eigenvalue weighted by atomic mass is 32.2. The number of aromatic hydroxyl groups is 1. The van der Waals surface area contributed by atoms with Crippen LogP contribution >= 0.6 is 11.8 Å². The number of thioether (sulfide) groups is 1. The minimum absolute atomic E-state index is 0.142. The molecule has 0 fully saturated rings. The molecule has 0 radical (unpaired) electrons. The van der Waals surface area contributed by atoms with Crippen molar-refractivity contribution in [2.24, 2.45) is 0 Å². The summed E-state index contributed by atoms with van der Waals surface area (Å²) in [6.07, 6.45) is 2.52. The highest BCUT2D eigenvalue weighted by Gasteiger charge is 2.20. The maximum atomic E-state index is 9.23. The van der Waals surface area contributed by atoms with Crippen molar-refractivity contribution in [1.82, 2.24) is 0 Å². The van der Waals surface area contributed by atoms with Crippen LogP contribution in [0.4, 0.5) is 0 Å². The first-order chi connectivity index (χ1) is 7.06. The van der Waals surface area contributed by atoms with Crippen LogP contribution in [-0.2, 0) is 4.75 Å². The van der Waals surface area contributed by atoms with E-state index in [-0.39, 0.29) is 4.75 Å². The smallest absolute Gasteiger partial charge is 0.115 e. The van der Waals surface area contributed by atoms with Crippen LogP contribution in [0.2, 0.25) is 0 Å². The van der Waals surface area contributed by atoms with E-state index in [0.717, 1.165) is 0 Å². The Morgan fingerprint density at radius 2 is 1.80 bits per heavy atom. The second kappa shape index (κ2) is 5.45. The second-order valence-electron chi connectivity index (χ2n) is 4.26. The Balaban J connectivity index is 2.63. The van der Waals surface area contributed by atoms with Crippen LogP contribution in [-0.4, -0.2) is 10.9 Å². The van der Waals surface area contributed by atoms with E-state index in [1.54, 1.807) is 12.1 Å². The van der Waals surface area contributed by atoms with Gasteiger partial charge in [0.15, 0.2) is 0 Å². The molecule has 1 nitrogen and oxygen atoms in total. The summed E-state index contributed by atoms with van der Waals surface area (Å²) in [6, 6.07) is 7.54. The van der Waals surface area contributed by atoms with E-state index in [9.17, 15) is 5.11 Å². The molecule has 0 aliphatic rings. The third-order valence-electron chi connectivity index (χ3n) is 2.52. The minimum atomic E-state index is 0.142. The van der Waals surface area contributed by atoms with Crippen LogP contribution in [0.1, 0.15) is 39.2 Å². The van der Waals surface area contributed by atoms with Gasteiger partial charge >= 0.3 is 0 Å². The SMILES string of the molecule is CCCCSC(C)(C)c1ccc(O)cc1. The first-order valence-electron chi connectivity index (χ1n) is 5.49. The largest absolute Gasteiger partial charge is 0.508 e. The van der Waals surface area contributed by atoms with Gasteiger partial charge in [-0.05, 0) is 43.7 Å². The number of phenolic OH excluding ortho intramolecular Hbond substituents is 1. The monoisotopic (exact) mass is 224 g/mol. The van der Waals surface area contributed by atoms with Crippen molar-refractivity contribution in [3.63, 3.8) is 0 Å². The second-order valence-corrected chi connectivity index (χ2v) is 5.98. The topological polar surface area (TPSA) is 20.2 Å². The highest BCUT2D eigenvalue weighted by Crippen LogP contribution is 2.36. The van der Waals surface area contributed by atoms with Crippen LogP contribution in [0.5, 0.6) is 5.75 Å². The van der Waals surface area contributed by atoms with Crippen LogP contribution in [0.15, 0.2) is 24.3 Å². The molecule has 84 valence electrons. The van der Waals surface area contributed by atoms with Gasteiger partial charge in [-0.25, -0.2) is 0 Å². The Labute approximate surface area is 96.9 Å². The molecular weight excluding hydrogens is 204 g/mol. The molecule has 0 amide bonds. The molecule has 0 spiro atoms. The summed E-state index contributed by atoms with van der Waals surface area (Å²) in [5.74, 6) is 1.54. The molecule has 0 aliphatic carbocycles. The van der Waals surface area contributed by atoms with Crippen molar-refractivity contribution in [1.29, 1.82) is 0 Å². The molecule has 15 heavy (non-hydrogen) atoms. The summed E-state index contributed by atoms with van der Waals surface area (Å²) in [6.45, 7) is 6.69. The Hall–Kier alpha value is -0.630. The normalized spacial score (nSPS) is 11.7. The van der Waals surface area contributed by atoms with Crippen LogP contribution in [0, 0.1) is 0 Å². The number of rotatable bonds is 5. The molecule has 1 rings (SSSR count). The molecule has 0 atom stereocenters. The lowest BCUT2D eigenvalue weighted by Crippen LogP contribution is -2.12. The summed E-state index contributed by atoms with van der Waals surface area (Å²) >= 11 is 1.98. The molecule has 1 N–H and O–H groups in total. The Bertz CT molecular complexity index is 290. The van der Waals surface area contributed by atoms with Crippen LogP contribution in [0.25, 0.3) is 0 Å². The third kappa shape index (κ3) is 3.78. The van der Waals surface area contributed by atoms with Gasteiger partial charge < -0.3 is 5.11 Å². The van der Waals surface area contributed by atoms with E-state index in [0.29, 0.717) is 5.75 Å². The average Bonchev–Trinajstić information content (AvgIpc) is 2.18. The number of benzene rings is 1. The van der Waals surface area contributed by atoms with Gasteiger partial charge in [-0.3, -0.25) is 0 Å². The predicted molar refractivity (Wildman–Crippen MR) is 68.5 cm³/mol. The maximum Gasteiger partial charge on any atom is 0.115 e. The van der Waals surface area contributed by atoms with Crippen LogP contribution < -0.4 is 0 Å². The van der Waals surface area contributed by atoms with Gasteiger partial charge in [0.25, 0.3) is 0 Å². The molecule has 0 heterocycles. The van der Waals surface area contributed by atoms with E-state index in [2.05, 4.69) is 20.8 Å². The fourth-order valence-corrected chi connectivity index (χ4v) is 2.66. The molecule has 0 aliphatic heterocycles. The molecule has 1 aromatic rings. The van der Waals surface area contributed by atoms with E-state index < -0.39 is 0 Å². The van der Waals surface area contributed by atoms with Crippen LogP contribution in [0.3, 0.4) is 0 Å². The number of phenols is 1. The molecule has 0 aromatic heterocycles. The lowest BCUT2D eigenvalue weighted by atomic mass is 10.0. The number of hydrogen-bond acceptors (Lipinski definition) is 2. The first kappa shape index (κ1) is 12.4. The van der Waals surface area contributed by atoms with E-state index >= 15 is 0 Å². The van der Waals surface area contributed by atoms with Crippen molar-refractivity contribution >= 4 is 11.8 Å². The van der Waals surface area contributed by atoms with Crippen molar-refractivity contribution in [3.05, 3.63) is 29.8 Å². The van der Waals surface area contributed by atoms with Crippen molar-refractivity contribution < 1.29 is 5.11 Å². The Kier molecular flexibility index (Phi) is 4.52. The predicted octanol–water partition coefficient (Wildman–Crippen LogP) is 4.16. The molecule has 2 heteroatoms. The number of unbranched alkanes of at least 4 members (excludes halogenated alkanes) is 1. The molecule has 0 saturated carbocycles. The summed E-state index contributed by atoms with van der Waals surface area (Å²) in [5, 5.41) is 9.23. The average molecular weight is 224 g/mol. The van der Waals surface area contributed by atoms with Crippen molar-refractivity contribution in [2.75, 3.05) is 5.75 Å². The van der Waals surface area contributed by atoms with Gasteiger partial charge in [-0.15, -0.1) is 0 Å². The van der Waals surface area contributed by atoms with Gasteiger partial charge in [0.1, 0.15) is 5.75 Å².